The van der Waals surface area contributed by atoms with Crippen LogP contribution >= 0.6 is 0 Å². The van der Waals surface area contributed by atoms with Crippen LogP contribution < -0.4 is 4.74 Å². The van der Waals surface area contributed by atoms with Crippen LogP contribution in [0, 0.1) is 17.1 Å². The molecule has 0 aromatic heterocycles. The predicted molar refractivity (Wildman–Crippen MR) is 77.5 cm³/mol. The molecular weight excluding hydrogens is 253 g/mol. The van der Waals surface area contributed by atoms with Crippen molar-refractivity contribution in [2.24, 2.45) is 0 Å². The summed E-state index contributed by atoms with van der Waals surface area (Å²) < 4.78 is 19.3. The van der Waals surface area contributed by atoms with Gasteiger partial charge >= 0.3 is 0 Å². The summed E-state index contributed by atoms with van der Waals surface area (Å²) >= 11 is 0. The third kappa shape index (κ3) is 3.04. The Bertz CT molecular complexity index is 671. The molecule has 0 aliphatic heterocycles. The van der Waals surface area contributed by atoms with E-state index in [-0.39, 0.29) is 5.57 Å². The lowest BCUT2D eigenvalue weighted by Gasteiger charge is -2.07. The Kier molecular flexibility index (Phi) is 4.52. The molecule has 0 fully saturated rings. The van der Waals surface area contributed by atoms with Gasteiger partial charge < -0.3 is 4.74 Å². The predicted octanol–water partition coefficient (Wildman–Crippen LogP) is 4.29. The zero-order chi connectivity index (χ0) is 14.4. The summed E-state index contributed by atoms with van der Waals surface area (Å²) in [5.41, 5.74) is 1.32. The van der Waals surface area contributed by atoms with Gasteiger partial charge in [0.05, 0.1) is 18.2 Å². The van der Waals surface area contributed by atoms with Crippen LogP contribution in [-0.2, 0) is 0 Å². The van der Waals surface area contributed by atoms with Crippen LogP contribution in [0.5, 0.6) is 5.75 Å². The zero-order valence-corrected chi connectivity index (χ0v) is 11.1. The number of nitrogens with zero attached hydrogens (tertiary/aromatic N) is 1. The van der Waals surface area contributed by atoms with Crippen molar-refractivity contribution in [1.82, 2.24) is 0 Å². The quantitative estimate of drug-likeness (QED) is 0.611. The second-order valence-corrected chi connectivity index (χ2v) is 4.12. The molecule has 0 aliphatic rings. The summed E-state index contributed by atoms with van der Waals surface area (Å²) in [5.74, 6) is 0.272. The fourth-order valence-corrected chi connectivity index (χ4v) is 1.89. The zero-order valence-electron chi connectivity index (χ0n) is 11.1. The highest BCUT2D eigenvalue weighted by Crippen LogP contribution is 2.25. The molecule has 2 aromatic rings. The molecule has 0 atom stereocenters. The van der Waals surface area contributed by atoms with Gasteiger partial charge in [0.1, 0.15) is 11.6 Å². The average molecular weight is 267 g/mol. The molecule has 0 aliphatic carbocycles. The molecule has 0 saturated carbocycles. The average Bonchev–Trinajstić information content (AvgIpc) is 2.47. The first-order valence-corrected chi connectivity index (χ1v) is 6.34. The molecule has 3 heteroatoms. The summed E-state index contributed by atoms with van der Waals surface area (Å²) in [6, 6.07) is 15.7. The van der Waals surface area contributed by atoms with Crippen molar-refractivity contribution in [3.8, 4) is 11.8 Å². The lowest BCUT2D eigenvalue weighted by Crippen LogP contribution is -1.94. The van der Waals surface area contributed by atoms with Crippen molar-refractivity contribution in [3.63, 3.8) is 0 Å². The molecular formula is C17H14FNO. The van der Waals surface area contributed by atoms with Crippen molar-refractivity contribution in [2.45, 2.75) is 6.92 Å². The number of nitriles is 1. The number of rotatable bonds is 4. The molecule has 0 spiro atoms. The van der Waals surface area contributed by atoms with Gasteiger partial charge in [0, 0.05) is 11.1 Å². The number of benzene rings is 2. The standard InChI is InChI=1S/C17H14FNO/c1-2-20-17-10-6-3-7-13(17)11-14(12-19)15-8-4-5-9-16(15)18/h3-11H,2H2,1H3/b14-11-. The Hall–Kier alpha value is -2.60. The maximum absolute atomic E-state index is 13.8. The summed E-state index contributed by atoms with van der Waals surface area (Å²) in [6.07, 6.45) is 1.64. The first-order valence-electron chi connectivity index (χ1n) is 6.34. The number of hydrogen-bond acceptors (Lipinski definition) is 2. The second kappa shape index (κ2) is 6.53. The van der Waals surface area contributed by atoms with Crippen LogP contribution in [-0.4, -0.2) is 6.61 Å². The van der Waals surface area contributed by atoms with Gasteiger partial charge in [0.2, 0.25) is 0 Å². The van der Waals surface area contributed by atoms with Crippen LogP contribution in [0.15, 0.2) is 48.5 Å². The molecule has 2 aromatic carbocycles. The van der Waals surface area contributed by atoms with Gasteiger partial charge in [-0.05, 0) is 25.1 Å². The third-order valence-electron chi connectivity index (χ3n) is 2.80. The van der Waals surface area contributed by atoms with Gasteiger partial charge in [0.25, 0.3) is 0 Å². The Morgan fingerprint density at radius 1 is 1.20 bits per heavy atom. The molecule has 100 valence electrons. The Labute approximate surface area is 117 Å². The Morgan fingerprint density at radius 3 is 2.60 bits per heavy atom. The summed E-state index contributed by atoms with van der Waals surface area (Å²) in [4.78, 5) is 0. The molecule has 0 heterocycles. The molecule has 2 nitrogen and oxygen atoms in total. The molecule has 0 bridgehead atoms. The van der Waals surface area contributed by atoms with E-state index in [1.807, 2.05) is 37.3 Å². The molecule has 0 radical (unpaired) electrons. The highest BCUT2D eigenvalue weighted by atomic mass is 19.1. The van der Waals surface area contributed by atoms with E-state index >= 15 is 0 Å². The van der Waals surface area contributed by atoms with Crippen molar-refractivity contribution in [2.75, 3.05) is 6.61 Å². The number of allylic oxidation sites excluding steroid dienone is 1. The maximum Gasteiger partial charge on any atom is 0.131 e. The minimum absolute atomic E-state index is 0.273. The first kappa shape index (κ1) is 13.8. The smallest absolute Gasteiger partial charge is 0.131 e. The highest BCUT2D eigenvalue weighted by molar-refractivity contribution is 5.90. The SMILES string of the molecule is CCOc1ccccc1/C=C(/C#N)c1ccccc1F. The number of para-hydroxylation sites is 1. The highest BCUT2D eigenvalue weighted by Gasteiger charge is 2.08. The van der Waals surface area contributed by atoms with E-state index in [0.29, 0.717) is 17.9 Å². The molecule has 0 N–H and O–H groups in total. The van der Waals surface area contributed by atoms with Gasteiger partial charge in [-0.2, -0.15) is 5.26 Å². The lowest BCUT2D eigenvalue weighted by molar-refractivity contribution is 0.339. The maximum atomic E-state index is 13.8. The normalized spacial score (nSPS) is 10.9. The third-order valence-corrected chi connectivity index (χ3v) is 2.80. The first-order chi connectivity index (χ1) is 9.76. The van der Waals surface area contributed by atoms with Gasteiger partial charge in [-0.15, -0.1) is 0 Å². The van der Waals surface area contributed by atoms with Gasteiger partial charge in [-0.25, -0.2) is 4.39 Å². The summed E-state index contributed by atoms with van der Waals surface area (Å²) in [5, 5.41) is 9.26. The van der Waals surface area contributed by atoms with E-state index in [1.54, 1.807) is 24.3 Å². The van der Waals surface area contributed by atoms with Crippen LogP contribution in [0.1, 0.15) is 18.1 Å². The number of ether oxygens (including phenoxy) is 1. The van der Waals surface area contributed by atoms with Crippen LogP contribution in [0.25, 0.3) is 11.6 Å². The topological polar surface area (TPSA) is 33.0 Å². The van der Waals surface area contributed by atoms with Gasteiger partial charge in [0.15, 0.2) is 0 Å². The van der Waals surface area contributed by atoms with E-state index in [0.717, 1.165) is 5.56 Å². The minimum Gasteiger partial charge on any atom is -0.493 e. The van der Waals surface area contributed by atoms with E-state index in [4.69, 9.17) is 4.74 Å². The van der Waals surface area contributed by atoms with Gasteiger partial charge in [-0.1, -0.05) is 36.4 Å². The van der Waals surface area contributed by atoms with Crippen LogP contribution in [0.2, 0.25) is 0 Å². The number of halogens is 1. The van der Waals surface area contributed by atoms with E-state index in [1.165, 1.54) is 6.07 Å². The van der Waals surface area contributed by atoms with Gasteiger partial charge in [-0.3, -0.25) is 0 Å². The van der Waals surface area contributed by atoms with Crippen molar-refractivity contribution < 1.29 is 9.13 Å². The van der Waals surface area contributed by atoms with E-state index in [2.05, 4.69) is 0 Å². The van der Waals surface area contributed by atoms with Crippen molar-refractivity contribution >= 4 is 11.6 Å². The Morgan fingerprint density at radius 2 is 1.90 bits per heavy atom. The van der Waals surface area contributed by atoms with Crippen molar-refractivity contribution in [3.05, 3.63) is 65.5 Å². The largest absolute Gasteiger partial charge is 0.493 e. The van der Waals surface area contributed by atoms with Crippen LogP contribution in [0.3, 0.4) is 0 Å². The molecule has 0 saturated heterocycles. The lowest BCUT2D eigenvalue weighted by atomic mass is 10.0. The summed E-state index contributed by atoms with van der Waals surface area (Å²) in [7, 11) is 0. The fraction of sp³-hybridized carbons (Fsp3) is 0.118. The summed E-state index contributed by atoms with van der Waals surface area (Å²) in [6.45, 7) is 2.43. The molecule has 2 rings (SSSR count). The second-order valence-electron chi connectivity index (χ2n) is 4.12. The fourth-order valence-electron chi connectivity index (χ4n) is 1.89. The Balaban J connectivity index is 2.48. The molecule has 0 amide bonds. The monoisotopic (exact) mass is 267 g/mol. The minimum atomic E-state index is -0.408. The van der Waals surface area contributed by atoms with Crippen molar-refractivity contribution in [1.29, 1.82) is 5.26 Å². The van der Waals surface area contributed by atoms with Crippen LogP contribution in [0.4, 0.5) is 4.39 Å². The van der Waals surface area contributed by atoms with E-state index in [9.17, 15) is 9.65 Å². The molecule has 0 unspecified atom stereocenters. The van der Waals surface area contributed by atoms with E-state index < -0.39 is 5.82 Å². The molecule has 20 heavy (non-hydrogen) atoms. The number of hydrogen-bond donors (Lipinski definition) is 0.